The molecular weight excluding hydrogens is 350 g/mol. The predicted molar refractivity (Wildman–Crippen MR) is 101 cm³/mol. The summed E-state index contributed by atoms with van der Waals surface area (Å²) in [5.74, 6) is 0.661. The molecule has 8 heteroatoms. The number of nitrogen functional groups attached to an aromatic ring is 1. The first-order chi connectivity index (χ1) is 12.5. The lowest BCUT2D eigenvalue weighted by Crippen LogP contribution is -2.39. The van der Waals surface area contributed by atoms with Crippen molar-refractivity contribution in [2.45, 2.75) is 62.8 Å². The molecule has 2 N–H and O–H groups in total. The van der Waals surface area contributed by atoms with Crippen LogP contribution >= 0.6 is 0 Å². The first-order valence-electron chi connectivity index (χ1n) is 9.60. The lowest BCUT2D eigenvalue weighted by molar-refractivity contribution is 0.281. The molecule has 2 aliphatic rings. The molecule has 1 saturated carbocycles. The normalized spacial score (nSPS) is 23.5. The summed E-state index contributed by atoms with van der Waals surface area (Å²) in [4.78, 5) is 8.97. The molecule has 0 bridgehead atoms. The molecule has 3 heterocycles. The van der Waals surface area contributed by atoms with Crippen LogP contribution in [-0.4, -0.2) is 40.3 Å². The summed E-state index contributed by atoms with van der Waals surface area (Å²) in [6.45, 7) is 3.18. The molecule has 1 aliphatic carbocycles. The lowest BCUT2D eigenvalue weighted by atomic mass is 9.95. The van der Waals surface area contributed by atoms with Crippen molar-refractivity contribution < 1.29 is 8.42 Å². The number of rotatable bonds is 3. The highest BCUT2D eigenvalue weighted by molar-refractivity contribution is 7.89. The third kappa shape index (κ3) is 2.89. The van der Waals surface area contributed by atoms with Crippen molar-refractivity contribution in [3.05, 3.63) is 12.4 Å². The fraction of sp³-hybridized carbons (Fsp3) is 0.667. The molecule has 2 aromatic heterocycles. The Morgan fingerprint density at radius 1 is 1.08 bits per heavy atom. The monoisotopic (exact) mass is 377 g/mol. The molecule has 0 aromatic carbocycles. The Bertz CT molecular complexity index is 902. The number of hydrogen-bond donors (Lipinski definition) is 1. The second kappa shape index (κ2) is 6.81. The Kier molecular flexibility index (Phi) is 4.64. The number of nitrogens with two attached hydrogens (primary N) is 1. The van der Waals surface area contributed by atoms with Gasteiger partial charge in [-0.2, -0.15) is 4.31 Å². The second-order valence-electron chi connectivity index (χ2n) is 7.72. The first kappa shape index (κ1) is 17.7. The van der Waals surface area contributed by atoms with Crippen LogP contribution < -0.4 is 5.73 Å². The largest absolute Gasteiger partial charge is 0.384 e. The highest BCUT2D eigenvalue weighted by Crippen LogP contribution is 2.39. The molecule has 1 aliphatic heterocycles. The van der Waals surface area contributed by atoms with Crippen LogP contribution in [0.4, 0.5) is 5.82 Å². The smallest absolute Gasteiger partial charge is 0.248 e. The number of fused-ring (bicyclic) bond motifs is 1. The fourth-order valence-electron chi connectivity index (χ4n) is 4.47. The van der Waals surface area contributed by atoms with Gasteiger partial charge in [-0.1, -0.05) is 26.2 Å². The molecular formula is C18H27N5O2S. The maximum absolute atomic E-state index is 13.4. The molecule has 2 fully saturated rings. The Balaban J connectivity index is 1.86. The van der Waals surface area contributed by atoms with E-state index in [0.29, 0.717) is 36.0 Å². The predicted octanol–water partition coefficient (Wildman–Crippen LogP) is 2.94. The van der Waals surface area contributed by atoms with Crippen LogP contribution in [0.15, 0.2) is 17.3 Å². The van der Waals surface area contributed by atoms with Crippen molar-refractivity contribution in [1.82, 2.24) is 18.8 Å². The summed E-state index contributed by atoms with van der Waals surface area (Å²) in [7, 11) is -3.69. The molecule has 0 radical (unpaired) electrons. The van der Waals surface area contributed by atoms with Crippen LogP contribution in [0.25, 0.3) is 11.2 Å². The van der Waals surface area contributed by atoms with Gasteiger partial charge in [0.15, 0.2) is 10.5 Å². The lowest BCUT2D eigenvalue weighted by Gasteiger charge is -2.30. The zero-order chi connectivity index (χ0) is 18.3. The Morgan fingerprint density at radius 2 is 1.81 bits per heavy atom. The summed E-state index contributed by atoms with van der Waals surface area (Å²) < 4.78 is 30.4. The van der Waals surface area contributed by atoms with Crippen LogP contribution in [0, 0.1) is 5.92 Å². The standard InChI is InChI=1S/C18H27N5O2S/c1-13-6-5-11-22(12-13)26(24,25)16-15-18(21-10-9-20-15)23(17(16)19)14-7-3-2-4-8-14/h9-10,13-14H,2-8,11-12,19H2,1H3. The fourth-order valence-corrected chi connectivity index (χ4v) is 6.30. The minimum absolute atomic E-state index is 0.153. The quantitative estimate of drug-likeness (QED) is 0.887. The van der Waals surface area contributed by atoms with Gasteiger partial charge in [0, 0.05) is 31.5 Å². The van der Waals surface area contributed by atoms with E-state index in [1.54, 1.807) is 16.7 Å². The molecule has 142 valence electrons. The molecule has 0 amide bonds. The topological polar surface area (TPSA) is 94.1 Å². The van der Waals surface area contributed by atoms with Crippen molar-refractivity contribution in [3.8, 4) is 0 Å². The van der Waals surface area contributed by atoms with Gasteiger partial charge in [-0.3, -0.25) is 0 Å². The molecule has 1 unspecified atom stereocenters. The summed E-state index contributed by atoms with van der Waals surface area (Å²) in [6, 6.07) is 0.201. The van der Waals surface area contributed by atoms with E-state index >= 15 is 0 Å². The van der Waals surface area contributed by atoms with E-state index in [0.717, 1.165) is 38.5 Å². The van der Waals surface area contributed by atoms with E-state index in [1.165, 1.54) is 6.42 Å². The molecule has 7 nitrogen and oxygen atoms in total. The number of sulfonamides is 1. The first-order valence-corrected chi connectivity index (χ1v) is 11.0. The highest BCUT2D eigenvalue weighted by atomic mass is 32.2. The van der Waals surface area contributed by atoms with Crippen molar-refractivity contribution in [2.75, 3.05) is 18.8 Å². The summed E-state index contributed by atoms with van der Waals surface area (Å²) in [6.07, 6.45) is 10.6. The van der Waals surface area contributed by atoms with Gasteiger partial charge < -0.3 is 10.3 Å². The van der Waals surface area contributed by atoms with E-state index in [4.69, 9.17) is 5.73 Å². The van der Waals surface area contributed by atoms with Gasteiger partial charge in [-0.15, -0.1) is 0 Å². The molecule has 1 atom stereocenters. The Morgan fingerprint density at radius 3 is 2.54 bits per heavy atom. The van der Waals surface area contributed by atoms with Gasteiger partial charge in [-0.05, 0) is 31.6 Å². The van der Waals surface area contributed by atoms with E-state index < -0.39 is 10.0 Å². The van der Waals surface area contributed by atoms with Crippen molar-refractivity contribution >= 4 is 27.0 Å². The van der Waals surface area contributed by atoms with Crippen LogP contribution in [0.2, 0.25) is 0 Å². The van der Waals surface area contributed by atoms with Crippen LogP contribution in [-0.2, 0) is 10.0 Å². The summed E-state index contributed by atoms with van der Waals surface area (Å²) in [5, 5.41) is 0. The van der Waals surface area contributed by atoms with Gasteiger partial charge in [-0.25, -0.2) is 18.4 Å². The van der Waals surface area contributed by atoms with Gasteiger partial charge in [0.1, 0.15) is 11.3 Å². The number of aromatic nitrogens is 3. The van der Waals surface area contributed by atoms with Crippen molar-refractivity contribution in [3.63, 3.8) is 0 Å². The molecule has 4 rings (SSSR count). The van der Waals surface area contributed by atoms with E-state index in [2.05, 4.69) is 16.9 Å². The third-order valence-corrected chi connectivity index (χ3v) is 7.70. The van der Waals surface area contributed by atoms with Crippen LogP contribution in [0.1, 0.15) is 57.9 Å². The third-order valence-electron chi connectivity index (χ3n) is 5.77. The zero-order valence-electron chi connectivity index (χ0n) is 15.3. The number of piperidine rings is 1. The molecule has 1 saturated heterocycles. The van der Waals surface area contributed by atoms with Gasteiger partial charge >= 0.3 is 0 Å². The second-order valence-corrected chi connectivity index (χ2v) is 9.59. The van der Waals surface area contributed by atoms with E-state index in [1.807, 2.05) is 4.57 Å². The summed E-state index contributed by atoms with van der Waals surface area (Å²) >= 11 is 0. The zero-order valence-corrected chi connectivity index (χ0v) is 16.1. The summed E-state index contributed by atoms with van der Waals surface area (Å²) in [5.41, 5.74) is 7.46. The Labute approximate surface area is 154 Å². The maximum atomic E-state index is 13.4. The van der Waals surface area contributed by atoms with Crippen LogP contribution in [0.5, 0.6) is 0 Å². The molecule has 26 heavy (non-hydrogen) atoms. The number of anilines is 1. The SMILES string of the molecule is CC1CCCN(S(=O)(=O)c2c(N)n(C3CCCCC3)c3nccnc23)C1. The van der Waals surface area contributed by atoms with Crippen LogP contribution in [0.3, 0.4) is 0 Å². The average Bonchev–Trinajstić information content (AvgIpc) is 2.95. The van der Waals surface area contributed by atoms with Gasteiger partial charge in [0.05, 0.1) is 0 Å². The van der Waals surface area contributed by atoms with Gasteiger partial charge in [0.25, 0.3) is 0 Å². The average molecular weight is 378 g/mol. The number of hydrogen-bond acceptors (Lipinski definition) is 5. The van der Waals surface area contributed by atoms with E-state index in [-0.39, 0.29) is 10.9 Å². The van der Waals surface area contributed by atoms with Crippen molar-refractivity contribution in [1.29, 1.82) is 0 Å². The number of nitrogens with zero attached hydrogens (tertiary/aromatic N) is 4. The molecule has 0 spiro atoms. The minimum Gasteiger partial charge on any atom is -0.384 e. The maximum Gasteiger partial charge on any atom is 0.248 e. The highest BCUT2D eigenvalue weighted by Gasteiger charge is 2.36. The Hall–Kier alpha value is -1.67. The van der Waals surface area contributed by atoms with E-state index in [9.17, 15) is 8.42 Å². The van der Waals surface area contributed by atoms with Crippen molar-refractivity contribution in [2.24, 2.45) is 5.92 Å². The minimum atomic E-state index is -3.69. The molecule has 2 aromatic rings. The van der Waals surface area contributed by atoms with Gasteiger partial charge in [0.2, 0.25) is 10.0 Å².